The predicted octanol–water partition coefficient (Wildman–Crippen LogP) is 2.76. The number of anilines is 2. The first-order valence-corrected chi connectivity index (χ1v) is 6.00. The molecule has 0 spiro atoms. The van der Waals surface area contributed by atoms with Crippen molar-refractivity contribution in [3.05, 3.63) is 23.2 Å². The largest absolute Gasteiger partial charge is 0.397 e. The van der Waals surface area contributed by atoms with Gasteiger partial charge in [0.25, 0.3) is 0 Å². The van der Waals surface area contributed by atoms with Crippen molar-refractivity contribution >= 4 is 23.0 Å². The summed E-state index contributed by atoms with van der Waals surface area (Å²) in [7, 11) is 0. The van der Waals surface area contributed by atoms with Crippen LogP contribution in [0.15, 0.2) is 18.2 Å². The lowest BCUT2D eigenvalue weighted by Gasteiger charge is -2.09. The molecule has 0 saturated heterocycles. The molecular formula is C12H17ClN2O. The van der Waals surface area contributed by atoms with Gasteiger partial charge in [-0.25, -0.2) is 0 Å². The zero-order chi connectivity index (χ0) is 11.4. The quantitative estimate of drug-likeness (QED) is 0.594. The van der Waals surface area contributed by atoms with Crippen LogP contribution in [0.4, 0.5) is 11.4 Å². The lowest BCUT2D eigenvalue weighted by molar-refractivity contribution is 0.134. The highest BCUT2D eigenvalue weighted by Gasteiger charge is 2.20. The maximum Gasteiger partial charge on any atom is 0.0639 e. The molecule has 3 N–H and O–H groups in total. The van der Waals surface area contributed by atoms with Crippen LogP contribution in [0.5, 0.6) is 0 Å². The van der Waals surface area contributed by atoms with E-state index in [1.165, 1.54) is 12.8 Å². The first-order chi connectivity index (χ1) is 7.75. The standard InChI is InChI=1S/C12H17ClN2O/c13-10-3-4-11(14)12(7-10)15-5-6-16-8-9-1-2-9/h3-4,7,9,15H,1-2,5-6,8,14H2. The smallest absolute Gasteiger partial charge is 0.0639 e. The van der Waals surface area contributed by atoms with E-state index >= 15 is 0 Å². The van der Waals surface area contributed by atoms with Crippen LogP contribution in [0.25, 0.3) is 0 Å². The van der Waals surface area contributed by atoms with E-state index in [9.17, 15) is 0 Å². The average molecular weight is 241 g/mol. The molecule has 0 unspecified atom stereocenters. The molecule has 1 aliphatic carbocycles. The van der Waals surface area contributed by atoms with E-state index in [4.69, 9.17) is 22.1 Å². The fourth-order valence-electron chi connectivity index (χ4n) is 1.47. The van der Waals surface area contributed by atoms with Crippen LogP contribution in [0.3, 0.4) is 0 Å². The minimum absolute atomic E-state index is 0.690. The molecule has 0 amide bonds. The Balaban J connectivity index is 1.69. The van der Waals surface area contributed by atoms with E-state index in [0.717, 1.165) is 24.8 Å². The SMILES string of the molecule is Nc1ccc(Cl)cc1NCCOCC1CC1. The Morgan fingerprint density at radius 1 is 1.44 bits per heavy atom. The van der Waals surface area contributed by atoms with Gasteiger partial charge in [-0.1, -0.05) is 11.6 Å². The van der Waals surface area contributed by atoms with E-state index in [1.54, 1.807) is 12.1 Å². The van der Waals surface area contributed by atoms with Crippen LogP contribution in [0.1, 0.15) is 12.8 Å². The van der Waals surface area contributed by atoms with Crippen LogP contribution in [0.2, 0.25) is 5.02 Å². The van der Waals surface area contributed by atoms with Crippen LogP contribution in [0, 0.1) is 5.92 Å². The summed E-state index contributed by atoms with van der Waals surface area (Å²) >= 11 is 5.88. The Morgan fingerprint density at radius 3 is 3.00 bits per heavy atom. The molecule has 3 nitrogen and oxygen atoms in total. The fraction of sp³-hybridized carbons (Fsp3) is 0.500. The summed E-state index contributed by atoms with van der Waals surface area (Å²) in [6.07, 6.45) is 2.66. The van der Waals surface area contributed by atoms with E-state index in [0.29, 0.717) is 17.3 Å². The normalized spacial score (nSPS) is 15.1. The highest BCUT2D eigenvalue weighted by Crippen LogP contribution is 2.28. The molecule has 0 aliphatic heterocycles. The van der Waals surface area contributed by atoms with Crippen molar-refractivity contribution in [1.29, 1.82) is 0 Å². The van der Waals surface area contributed by atoms with Crippen molar-refractivity contribution in [1.82, 2.24) is 0 Å². The molecule has 0 aromatic heterocycles. The Kier molecular flexibility index (Phi) is 3.91. The van der Waals surface area contributed by atoms with Crippen LogP contribution >= 0.6 is 11.6 Å². The summed E-state index contributed by atoms with van der Waals surface area (Å²) in [6, 6.07) is 5.42. The molecule has 0 atom stereocenters. The molecule has 16 heavy (non-hydrogen) atoms. The Morgan fingerprint density at radius 2 is 2.25 bits per heavy atom. The third kappa shape index (κ3) is 3.58. The molecule has 1 aromatic rings. The van der Waals surface area contributed by atoms with Gasteiger partial charge in [0.1, 0.15) is 0 Å². The van der Waals surface area contributed by atoms with Crippen LogP contribution in [-0.4, -0.2) is 19.8 Å². The van der Waals surface area contributed by atoms with Gasteiger partial charge in [-0.3, -0.25) is 0 Å². The molecule has 0 bridgehead atoms. The van der Waals surface area contributed by atoms with Crippen molar-refractivity contribution in [2.45, 2.75) is 12.8 Å². The fourth-order valence-corrected chi connectivity index (χ4v) is 1.65. The Labute approximate surface area is 101 Å². The van der Waals surface area contributed by atoms with Crippen LogP contribution < -0.4 is 11.1 Å². The highest BCUT2D eigenvalue weighted by molar-refractivity contribution is 6.31. The summed E-state index contributed by atoms with van der Waals surface area (Å²) in [5.41, 5.74) is 7.39. The van der Waals surface area contributed by atoms with E-state index < -0.39 is 0 Å². The van der Waals surface area contributed by atoms with Gasteiger partial charge in [0.15, 0.2) is 0 Å². The first kappa shape index (κ1) is 11.6. The number of rotatable bonds is 6. The minimum Gasteiger partial charge on any atom is -0.397 e. The molecular weight excluding hydrogens is 224 g/mol. The third-order valence-electron chi connectivity index (χ3n) is 2.63. The molecule has 1 aliphatic rings. The highest BCUT2D eigenvalue weighted by atomic mass is 35.5. The summed E-state index contributed by atoms with van der Waals surface area (Å²) in [5, 5.41) is 3.90. The number of nitrogen functional groups attached to an aromatic ring is 1. The summed E-state index contributed by atoms with van der Waals surface area (Å²) < 4.78 is 5.51. The third-order valence-corrected chi connectivity index (χ3v) is 2.86. The molecule has 1 aromatic carbocycles. The maximum absolute atomic E-state index is 5.88. The lowest BCUT2D eigenvalue weighted by Crippen LogP contribution is -2.11. The van der Waals surface area contributed by atoms with Gasteiger partial charge in [-0.05, 0) is 37.0 Å². The van der Waals surface area contributed by atoms with Gasteiger partial charge < -0.3 is 15.8 Å². The lowest BCUT2D eigenvalue weighted by atomic mass is 10.2. The van der Waals surface area contributed by atoms with Crippen molar-refractivity contribution in [3.8, 4) is 0 Å². The number of nitrogens with one attached hydrogen (secondary N) is 1. The number of benzene rings is 1. The number of ether oxygens (including phenoxy) is 1. The molecule has 2 rings (SSSR count). The molecule has 88 valence electrons. The summed E-state index contributed by atoms with van der Waals surface area (Å²) in [6.45, 7) is 2.37. The number of nitrogens with two attached hydrogens (primary N) is 1. The summed E-state index contributed by atoms with van der Waals surface area (Å²) in [5.74, 6) is 0.816. The van der Waals surface area contributed by atoms with Crippen molar-refractivity contribution in [3.63, 3.8) is 0 Å². The van der Waals surface area contributed by atoms with Gasteiger partial charge in [-0.15, -0.1) is 0 Å². The topological polar surface area (TPSA) is 47.3 Å². The van der Waals surface area contributed by atoms with E-state index in [1.807, 2.05) is 6.07 Å². The molecule has 4 heteroatoms. The first-order valence-electron chi connectivity index (χ1n) is 5.62. The predicted molar refractivity (Wildman–Crippen MR) is 67.9 cm³/mol. The average Bonchev–Trinajstić information content (AvgIpc) is 3.06. The van der Waals surface area contributed by atoms with Gasteiger partial charge in [0.2, 0.25) is 0 Å². The Hall–Kier alpha value is -0.930. The van der Waals surface area contributed by atoms with Gasteiger partial charge in [0.05, 0.1) is 18.0 Å². The maximum atomic E-state index is 5.88. The number of halogens is 1. The molecule has 0 radical (unpaired) electrons. The summed E-state index contributed by atoms with van der Waals surface area (Å²) in [4.78, 5) is 0. The van der Waals surface area contributed by atoms with Gasteiger partial charge in [0, 0.05) is 18.2 Å². The minimum atomic E-state index is 0.690. The van der Waals surface area contributed by atoms with Crippen molar-refractivity contribution in [2.75, 3.05) is 30.8 Å². The number of hydrogen-bond acceptors (Lipinski definition) is 3. The second-order valence-electron chi connectivity index (χ2n) is 4.18. The van der Waals surface area contributed by atoms with E-state index in [2.05, 4.69) is 5.32 Å². The zero-order valence-corrected chi connectivity index (χ0v) is 9.96. The zero-order valence-electron chi connectivity index (χ0n) is 9.21. The second-order valence-corrected chi connectivity index (χ2v) is 4.61. The van der Waals surface area contributed by atoms with Crippen molar-refractivity contribution in [2.24, 2.45) is 5.92 Å². The van der Waals surface area contributed by atoms with Gasteiger partial charge >= 0.3 is 0 Å². The Bertz CT molecular complexity index is 353. The monoisotopic (exact) mass is 240 g/mol. The van der Waals surface area contributed by atoms with Crippen molar-refractivity contribution < 1.29 is 4.74 Å². The molecule has 1 fully saturated rings. The molecule has 0 heterocycles. The van der Waals surface area contributed by atoms with Gasteiger partial charge in [-0.2, -0.15) is 0 Å². The number of hydrogen-bond donors (Lipinski definition) is 2. The molecule has 1 saturated carbocycles. The second kappa shape index (κ2) is 5.41. The van der Waals surface area contributed by atoms with E-state index in [-0.39, 0.29) is 0 Å². The van der Waals surface area contributed by atoms with Crippen LogP contribution in [-0.2, 0) is 4.74 Å².